The van der Waals surface area contributed by atoms with Gasteiger partial charge in [-0.25, -0.2) is 9.97 Å². The van der Waals surface area contributed by atoms with E-state index in [9.17, 15) is 10.4 Å². The second kappa shape index (κ2) is 8.30. The van der Waals surface area contributed by atoms with E-state index in [0.29, 0.717) is 29.3 Å². The number of hydrogen-bond acceptors (Lipinski definition) is 6. The van der Waals surface area contributed by atoms with Gasteiger partial charge in [0.2, 0.25) is 0 Å². The second-order valence-corrected chi connectivity index (χ2v) is 6.20. The van der Waals surface area contributed by atoms with Crippen LogP contribution in [0.2, 0.25) is 0 Å². The highest BCUT2D eigenvalue weighted by molar-refractivity contribution is 5.77. The third-order valence-electron chi connectivity index (χ3n) is 4.32. The fraction of sp³-hybridized carbons (Fsp3) is 0.190. The molecule has 6 heteroatoms. The molecule has 0 aliphatic heterocycles. The molecular weight excluding hydrogens is 338 g/mol. The Bertz CT molecular complexity index is 980. The summed E-state index contributed by atoms with van der Waals surface area (Å²) in [5.41, 5.74) is 8.62. The summed E-state index contributed by atoms with van der Waals surface area (Å²) in [6.07, 6.45) is 2.50. The molecule has 0 aliphatic rings. The van der Waals surface area contributed by atoms with E-state index < -0.39 is 0 Å². The van der Waals surface area contributed by atoms with Crippen LogP contribution in [-0.2, 0) is 0 Å². The SMILES string of the molecule is CC[C@@H](N)CNc1ccnc(-c2cc(-c3ccccc3C#N)ccc2O)n1. The molecular formula is C21H21N5O. The zero-order valence-corrected chi connectivity index (χ0v) is 15.1. The number of phenols is 1. The van der Waals surface area contributed by atoms with Gasteiger partial charge < -0.3 is 16.2 Å². The molecule has 0 saturated heterocycles. The van der Waals surface area contributed by atoms with Gasteiger partial charge in [0, 0.05) is 18.8 Å². The van der Waals surface area contributed by atoms with Crippen LogP contribution < -0.4 is 11.1 Å². The zero-order chi connectivity index (χ0) is 19.2. The molecule has 0 radical (unpaired) electrons. The van der Waals surface area contributed by atoms with Crippen LogP contribution >= 0.6 is 0 Å². The van der Waals surface area contributed by atoms with E-state index in [4.69, 9.17) is 5.73 Å². The number of benzene rings is 2. The van der Waals surface area contributed by atoms with Gasteiger partial charge in [0.1, 0.15) is 11.6 Å². The molecule has 1 atom stereocenters. The number of hydrogen-bond donors (Lipinski definition) is 3. The van der Waals surface area contributed by atoms with Crippen LogP contribution in [0.4, 0.5) is 5.82 Å². The van der Waals surface area contributed by atoms with Crippen LogP contribution in [0.25, 0.3) is 22.5 Å². The van der Waals surface area contributed by atoms with E-state index in [0.717, 1.165) is 17.5 Å². The lowest BCUT2D eigenvalue weighted by Crippen LogP contribution is -2.28. The van der Waals surface area contributed by atoms with Gasteiger partial charge in [-0.2, -0.15) is 5.26 Å². The molecule has 6 nitrogen and oxygen atoms in total. The summed E-state index contributed by atoms with van der Waals surface area (Å²) in [6.45, 7) is 2.63. The first-order valence-electron chi connectivity index (χ1n) is 8.77. The van der Waals surface area contributed by atoms with Crippen molar-refractivity contribution in [1.29, 1.82) is 5.26 Å². The Morgan fingerprint density at radius 3 is 2.78 bits per heavy atom. The van der Waals surface area contributed by atoms with Crippen molar-refractivity contribution in [2.75, 3.05) is 11.9 Å². The van der Waals surface area contributed by atoms with Crippen molar-refractivity contribution in [2.45, 2.75) is 19.4 Å². The Labute approximate surface area is 158 Å². The Morgan fingerprint density at radius 2 is 2.00 bits per heavy atom. The molecule has 0 amide bonds. The topological polar surface area (TPSA) is 108 Å². The molecule has 0 aliphatic carbocycles. The van der Waals surface area contributed by atoms with E-state index in [1.807, 2.05) is 25.1 Å². The number of rotatable bonds is 6. The summed E-state index contributed by atoms with van der Waals surface area (Å²) in [5, 5.41) is 22.9. The fourth-order valence-electron chi connectivity index (χ4n) is 2.68. The van der Waals surface area contributed by atoms with Crippen molar-refractivity contribution >= 4 is 5.82 Å². The summed E-state index contributed by atoms with van der Waals surface area (Å²) >= 11 is 0. The van der Waals surface area contributed by atoms with Gasteiger partial charge in [-0.1, -0.05) is 31.2 Å². The first-order valence-corrected chi connectivity index (χ1v) is 8.77. The van der Waals surface area contributed by atoms with Crippen LogP contribution in [-0.4, -0.2) is 27.7 Å². The van der Waals surface area contributed by atoms with Gasteiger partial charge in [0.25, 0.3) is 0 Å². The first kappa shape index (κ1) is 18.4. The van der Waals surface area contributed by atoms with Crippen LogP contribution in [0.3, 0.4) is 0 Å². The van der Waals surface area contributed by atoms with E-state index in [1.165, 1.54) is 0 Å². The predicted molar refractivity (Wildman–Crippen MR) is 106 cm³/mol. The minimum Gasteiger partial charge on any atom is -0.507 e. The quantitative estimate of drug-likeness (QED) is 0.621. The highest BCUT2D eigenvalue weighted by Crippen LogP contribution is 2.33. The number of nitriles is 1. The summed E-state index contributed by atoms with van der Waals surface area (Å²) in [4.78, 5) is 8.77. The van der Waals surface area contributed by atoms with E-state index in [-0.39, 0.29) is 11.8 Å². The highest BCUT2D eigenvalue weighted by atomic mass is 16.3. The molecule has 27 heavy (non-hydrogen) atoms. The lowest BCUT2D eigenvalue weighted by atomic mass is 9.98. The molecule has 2 aromatic carbocycles. The van der Waals surface area contributed by atoms with Crippen molar-refractivity contribution < 1.29 is 5.11 Å². The normalized spacial score (nSPS) is 11.6. The summed E-state index contributed by atoms with van der Waals surface area (Å²) in [7, 11) is 0. The molecule has 0 bridgehead atoms. The molecule has 4 N–H and O–H groups in total. The number of nitrogens with one attached hydrogen (secondary N) is 1. The van der Waals surface area contributed by atoms with E-state index in [1.54, 1.807) is 36.5 Å². The molecule has 1 heterocycles. The number of aromatic hydroxyl groups is 1. The molecule has 3 aromatic rings. The monoisotopic (exact) mass is 359 g/mol. The molecule has 1 aromatic heterocycles. The molecule has 0 fully saturated rings. The third kappa shape index (κ3) is 4.22. The first-order chi connectivity index (χ1) is 13.1. The lowest BCUT2D eigenvalue weighted by molar-refractivity contribution is 0.477. The molecule has 0 saturated carbocycles. The van der Waals surface area contributed by atoms with Crippen LogP contribution in [0, 0.1) is 11.3 Å². The Morgan fingerprint density at radius 1 is 1.19 bits per heavy atom. The van der Waals surface area contributed by atoms with Gasteiger partial charge in [-0.15, -0.1) is 0 Å². The van der Waals surface area contributed by atoms with Crippen LogP contribution in [0.1, 0.15) is 18.9 Å². The highest BCUT2D eigenvalue weighted by Gasteiger charge is 2.12. The van der Waals surface area contributed by atoms with Crippen LogP contribution in [0.15, 0.2) is 54.7 Å². The second-order valence-electron chi connectivity index (χ2n) is 6.20. The minimum absolute atomic E-state index is 0.0441. The maximum Gasteiger partial charge on any atom is 0.165 e. The largest absolute Gasteiger partial charge is 0.507 e. The maximum absolute atomic E-state index is 10.3. The van der Waals surface area contributed by atoms with Crippen LogP contribution in [0.5, 0.6) is 5.75 Å². The van der Waals surface area contributed by atoms with Gasteiger partial charge in [0.15, 0.2) is 5.82 Å². The van der Waals surface area contributed by atoms with Gasteiger partial charge in [0.05, 0.1) is 17.2 Å². The van der Waals surface area contributed by atoms with E-state index >= 15 is 0 Å². The van der Waals surface area contributed by atoms with E-state index in [2.05, 4.69) is 21.4 Å². The average molecular weight is 359 g/mol. The fourth-order valence-corrected chi connectivity index (χ4v) is 2.68. The smallest absolute Gasteiger partial charge is 0.165 e. The van der Waals surface area contributed by atoms with Gasteiger partial charge in [-0.05, 0) is 41.8 Å². The Hall–Kier alpha value is -3.43. The third-order valence-corrected chi connectivity index (χ3v) is 4.32. The molecule has 3 rings (SSSR count). The summed E-state index contributed by atoms with van der Waals surface area (Å²) in [5.74, 6) is 1.13. The van der Waals surface area contributed by atoms with Crippen molar-refractivity contribution in [3.8, 4) is 34.3 Å². The summed E-state index contributed by atoms with van der Waals surface area (Å²) in [6, 6.07) is 16.5. The van der Waals surface area contributed by atoms with Crippen molar-refractivity contribution in [3.05, 3.63) is 60.3 Å². The van der Waals surface area contributed by atoms with Crippen molar-refractivity contribution in [2.24, 2.45) is 5.73 Å². The maximum atomic E-state index is 10.3. The van der Waals surface area contributed by atoms with Gasteiger partial charge >= 0.3 is 0 Å². The van der Waals surface area contributed by atoms with Crippen molar-refractivity contribution in [3.63, 3.8) is 0 Å². The number of aromatic nitrogens is 2. The minimum atomic E-state index is 0.0441. The standard InChI is InChI=1S/C21H21N5O/c1-2-16(23)13-25-20-9-10-24-21(26-20)18-11-14(7-8-19(18)27)17-6-4-3-5-15(17)12-22/h3-11,16,27H,2,13,23H2,1H3,(H,24,25,26)/t16-/m1/s1. The molecule has 0 spiro atoms. The molecule has 136 valence electrons. The van der Waals surface area contributed by atoms with Gasteiger partial charge in [-0.3, -0.25) is 0 Å². The zero-order valence-electron chi connectivity index (χ0n) is 15.1. The lowest BCUT2D eigenvalue weighted by Gasteiger charge is -2.12. The number of nitrogens with zero attached hydrogens (tertiary/aromatic N) is 3. The Kier molecular flexibility index (Phi) is 5.64. The predicted octanol–water partition coefficient (Wildman–Crippen LogP) is 3.54. The summed E-state index contributed by atoms with van der Waals surface area (Å²) < 4.78 is 0. The number of anilines is 1. The molecule has 0 unspecified atom stereocenters. The number of nitrogens with two attached hydrogens (primary N) is 1. The Balaban J connectivity index is 1.97. The number of phenolic OH excluding ortho intramolecular Hbond substituents is 1. The van der Waals surface area contributed by atoms with Crippen molar-refractivity contribution in [1.82, 2.24) is 9.97 Å². The average Bonchev–Trinajstić information content (AvgIpc) is 2.72.